The molecule has 0 unspecified atom stereocenters. The van der Waals surface area contributed by atoms with Crippen molar-refractivity contribution < 1.29 is 4.79 Å². The van der Waals surface area contributed by atoms with E-state index in [2.05, 4.69) is 45.2 Å². The molecule has 1 aliphatic rings. The van der Waals surface area contributed by atoms with Gasteiger partial charge in [0.1, 0.15) is 5.82 Å². The van der Waals surface area contributed by atoms with Crippen LogP contribution in [0.1, 0.15) is 29.3 Å². The molecule has 2 heterocycles. The van der Waals surface area contributed by atoms with Crippen LogP contribution in [-0.2, 0) is 20.0 Å². The van der Waals surface area contributed by atoms with Crippen molar-refractivity contribution in [3.05, 3.63) is 83.9 Å². The molecule has 2 aromatic heterocycles. The molecule has 0 fully saturated rings. The van der Waals surface area contributed by atoms with Crippen molar-refractivity contribution in [2.75, 3.05) is 10.6 Å². The predicted octanol–water partition coefficient (Wildman–Crippen LogP) is 4.39. The Morgan fingerprint density at radius 2 is 2.06 bits per heavy atom. The first kappa shape index (κ1) is 19.1. The molecule has 2 aromatic carbocycles. The molecule has 7 heteroatoms. The van der Waals surface area contributed by atoms with Crippen molar-refractivity contribution in [2.24, 2.45) is 7.05 Å². The SMILES string of the molecule is Cn1cncc1CNC(=O)Nc1ccc2nc(N[C@@H]3CCc4ccccc43)ccc2c1. The molecule has 156 valence electrons. The van der Waals surface area contributed by atoms with Gasteiger partial charge in [-0.2, -0.15) is 0 Å². The lowest BCUT2D eigenvalue weighted by Gasteiger charge is -2.15. The van der Waals surface area contributed by atoms with E-state index < -0.39 is 0 Å². The van der Waals surface area contributed by atoms with E-state index in [4.69, 9.17) is 4.98 Å². The van der Waals surface area contributed by atoms with Gasteiger partial charge in [-0.15, -0.1) is 0 Å². The molecule has 0 saturated heterocycles. The third-order valence-electron chi connectivity index (χ3n) is 5.75. The Morgan fingerprint density at radius 1 is 1.16 bits per heavy atom. The first-order valence-corrected chi connectivity index (χ1v) is 10.4. The fourth-order valence-corrected chi connectivity index (χ4v) is 4.07. The summed E-state index contributed by atoms with van der Waals surface area (Å²) in [4.78, 5) is 21.0. The maximum Gasteiger partial charge on any atom is 0.319 e. The van der Waals surface area contributed by atoms with E-state index in [-0.39, 0.29) is 6.03 Å². The van der Waals surface area contributed by atoms with Gasteiger partial charge in [0, 0.05) is 24.3 Å². The van der Waals surface area contributed by atoms with Crippen LogP contribution in [0.4, 0.5) is 16.3 Å². The molecule has 1 aliphatic carbocycles. The molecular formula is C24H24N6O. The van der Waals surface area contributed by atoms with Crippen molar-refractivity contribution in [2.45, 2.75) is 25.4 Å². The van der Waals surface area contributed by atoms with Gasteiger partial charge in [-0.3, -0.25) is 0 Å². The number of carbonyl (C=O) groups is 1. The lowest BCUT2D eigenvalue weighted by atomic mass is 10.1. The van der Waals surface area contributed by atoms with Gasteiger partial charge in [-0.25, -0.2) is 14.8 Å². The van der Waals surface area contributed by atoms with Crippen LogP contribution in [0.25, 0.3) is 10.9 Å². The third kappa shape index (κ3) is 4.07. The Morgan fingerprint density at radius 3 is 2.94 bits per heavy atom. The molecule has 5 rings (SSSR count). The molecule has 0 spiro atoms. The second-order valence-corrected chi connectivity index (χ2v) is 7.84. The Hall–Kier alpha value is -3.87. The monoisotopic (exact) mass is 412 g/mol. The van der Waals surface area contributed by atoms with Gasteiger partial charge in [-0.1, -0.05) is 24.3 Å². The molecule has 1 atom stereocenters. The molecule has 0 saturated carbocycles. The summed E-state index contributed by atoms with van der Waals surface area (Å²) in [5.74, 6) is 0.865. The fourth-order valence-electron chi connectivity index (χ4n) is 4.07. The second-order valence-electron chi connectivity index (χ2n) is 7.84. The molecular weight excluding hydrogens is 388 g/mol. The number of imidazole rings is 1. The van der Waals surface area contributed by atoms with Crippen LogP contribution in [0.2, 0.25) is 0 Å². The highest BCUT2D eigenvalue weighted by Crippen LogP contribution is 2.33. The van der Waals surface area contributed by atoms with Crippen molar-refractivity contribution in [3.8, 4) is 0 Å². The van der Waals surface area contributed by atoms with Crippen LogP contribution >= 0.6 is 0 Å². The Bertz CT molecular complexity index is 1250. The lowest BCUT2D eigenvalue weighted by Crippen LogP contribution is -2.28. The minimum atomic E-state index is -0.258. The number of nitrogens with zero attached hydrogens (tertiary/aromatic N) is 3. The average Bonchev–Trinajstić information content (AvgIpc) is 3.38. The Kier molecular flexibility index (Phi) is 5.00. The normalized spacial score (nSPS) is 14.9. The van der Waals surface area contributed by atoms with Crippen LogP contribution in [-0.4, -0.2) is 20.6 Å². The van der Waals surface area contributed by atoms with E-state index >= 15 is 0 Å². The highest BCUT2D eigenvalue weighted by Gasteiger charge is 2.21. The summed E-state index contributed by atoms with van der Waals surface area (Å²) in [7, 11) is 1.90. The minimum Gasteiger partial charge on any atom is -0.363 e. The zero-order valence-corrected chi connectivity index (χ0v) is 17.3. The van der Waals surface area contributed by atoms with E-state index in [1.807, 2.05) is 41.9 Å². The van der Waals surface area contributed by atoms with Crippen molar-refractivity contribution in [1.29, 1.82) is 0 Å². The summed E-state index contributed by atoms with van der Waals surface area (Å²) < 4.78 is 1.87. The van der Waals surface area contributed by atoms with E-state index in [0.717, 1.165) is 40.9 Å². The van der Waals surface area contributed by atoms with E-state index in [1.165, 1.54) is 11.1 Å². The van der Waals surface area contributed by atoms with E-state index in [1.54, 1.807) is 12.5 Å². The van der Waals surface area contributed by atoms with Crippen LogP contribution in [0.3, 0.4) is 0 Å². The number of rotatable bonds is 5. The van der Waals surface area contributed by atoms with Gasteiger partial charge in [0.05, 0.1) is 30.1 Å². The molecule has 3 N–H and O–H groups in total. The number of urea groups is 1. The summed E-state index contributed by atoms with van der Waals surface area (Å²) in [6, 6.07) is 18.4. The van der Waals surface area contributed by atoms with Crippen molar-refractivity contribution >= 4 is 28.4 Å². The quantitative estimate of drug-likeness (QED) is 0.454. The molecule has 0 aliphatic heterocycles. The topological polar surface area (TPSA) is 83.9 Å². The summed E-state index contributed by atoms with van der Waals surface area (Å²) in [5, 5.41) is 10.3. The maximum atomic E-state index is 12.2. The summed E-state index contributed by atoms with van der Waals surface area (Å²) >= 11 is 0. The molecule has 7 nitrogen and oxygen atoms in total. The minimum absolute atomic E-state index is 0.258. The largest absolute Gasteiger partial charge is 0.363 e. The lowest BCUT2D eigenvalue weighted by molar-refractivity contribution is 0.251. The number of anilines is 2. The van der Waals surface area contributed by atoms with Gasteiger partial charge < -0.3 is 20.5 Å². The first-order valence-electron chi connectivity index (χ1n) is 10.4. The Balaban J connectivity index is 1.25. The molecule has 4 aromatic rings. The van der Waals surface area contributed by atoms with Gasteiger partial charge in [0.2, 0.25) is 0 Å². The number of pyridine rings is 1. The number of carbonyl (C=O) groups excluding carboxylic acids is 1. The summed E-state index contributed by atoms with van der Waals surface area (Å²) in [6.07, 6.45) is 5.62. The number of amides is 2. The first-order chi connectivity index (χ1) is 15.2. The van der Waals surface area contributed by atoms with Crippen LogP contribution in [0.15, 0.2) is 67.1 Å². The molecule has 31 heavy (non-hydrogen) atoms. The van der Waals surface area contributed by atoms with Gasteiger partial charge in [0.25, 0.3) is 0 Å². The van der Waals surface area contributed by atoms with Gasteiger partial charge >= 0.3 is 6.03 Å². The molecule has 0 radical (unpaired) electrons. The number of nitrogens with one attached hydrogen (secondary N) is 3. The van der Waals surface area contributed by atoms with Gasteiger partial charge in [0.15, 0.2) is 0 Å². The third-order valence-corrected chi connectivity index (χ3v) is 5.75. The molecule has 2 amide bonds. The van der Waals surface area contributed by atoms with Crippen molar-refractivity contribution in [1.82, 2.24) is 19.9 Å². The maximum absolute atomic E-state index is 12.2. The van der Waals surface area contributed by atoms with E-state index in [0.29, 0.717) is 12.6 Å². The zero-order chi connectivity index (χ0) is 21.2. The number of benzene rings is 2. The summed E-state index contributed by atoms with van der Waals surface area (Å²) in [6.45, 7) is 0.413. The second kappa shape index (κ2) is 8.10. The fraction of sp³-hybridized carbons (Fsp3) is 0.208. The number of aromatic nitrogens is 3. The number of hydrogen-bond donors (Lipinski definition) is 3. The smallest absolute Gasteiger partial charge is 0.319 e. The Labute approximate surface area is 180 Å². The van der Waals surface area contributed by atoms with Crippen LogP contribution < -0.4 is 16.0 Å². The van der Waals surface area contributed by atoms with E-state index in [9.17, 15) is 4.79 Å². The predicted molar refractivity (Wildman–Crippen MR) is 122 cm³/mol. The standard InChI is InChI=1S/C24H24N6O/c1-30-15-25-13-19(30)14-26-24(31)27-18-8-10-21-17(12-18)7-11-23(28-21)29-22-9-6-16-4-2-3-5-20(16)22/h2-5,7-8,10-13,15,22H,6,9,14H2,1H3,(H,28,29)(H2,26,27,31)/t22-/m1/s1. The van der Waals surface area contributed by atoms with Gasteiger partial charge in [-0.05, 0) is 54.3 Å². The number of fused-ring (bicyclic) bond motifs is 2. The molecule has 0 bridgehead atoms. The van der Waals surface area contributed by atoms with Crippen LogP contribution in [0, 0.1) is 0 Å². The highest BCUT2D eigenvalue weighted by atomic mass is 16.2. The zero-order valence-electron chi connectivity index (χ0n) is 17.3. The van der Waals surface area contributed by atoms with Crippen molar-refractivity contribution in [3.63, 3.8) is 0 Å². The summed E-state index contributed by atoms with van der Waals surface area (Å²) in [5.41, 5.74) is 5.32. The number of aryl methyl sites for hydroxylation is 2. The average molecular weight is 412 g/mol. The van der Waals surface area contributed by atoms with Crippen LogP contribution in [0.5, 0.6) is 0 Å². The highest BCUT2D eigenvalue weighted by molar-refractivity contribution is 5.92. The number of hydrogen-bond acceptors (Lipinski definition) is 4.